The van der Waals surface area contributed by atoms with Gasteiger partial charge in [0.2, 0.25) is 0 Å². The normalized spacial score (nSPS) is 22.6. The Bertz CT molecular complexity index is 2490. The molecule has 2 aliphatic carbocycles. The summed E-state index contributed by atoms with van der Waals surface area (Å²) in [6.45, 7) is 4.69. The first kappa shape index (κ1) is 27.6. The molecule has 0 amide bonds. The molecule has 0 N–H and O–H groups in total. The molecule has 0 spiro atoms. The van der Waals surface area contributed by atoms with Crippen molar-refractivity contribution < 1.29 is 0 Å². The molecule has 6 aromatic rings. The van der Waals surface area contributed by atoms with Gasteiger partial charge in [-0.3, -0.25) is 9.98 Å². The minimum absolute atomic E-state index is 0.0570. The third kappa shape index (κ3) is 3.77. The van der Waals surface area contributed by atoms with Crippen LogP contribution in [-0.2, 0) is 6.42 Å². The molecular formula is C44H36N4. The van der Waals surface area contributed by atoms with E-state index in [-0.39, 0.29) is 11.5 Å². The summed E-state index contributed by atoms with van der Waals surface area (Å²) in [6, 6.07) is 29.5. The molecule has 0 saturated carbocycles. The average Bonchev–Trinajstić information content (AvgIpc) is 3.59. The first-order chi connectivity index (χ1) is 23.6. The number of rotatable bonds is 3. The van der Waals surface area contributed by atoms with E-state index in [4.69, 9.17) is 0 Å². The van der Waals surface area contributed by atoms with Gasteiger partial charge in [-0.15, -0.1) is 0 Å². The fourth-order valence-electron chi connectivity index (χ4n) is 9.00. The van der Waals surface area contributed by atoms with E-state index in [1.807, 2.05) is 18.6 Å². The van der Waals surface area contributed by atoms with E-state index in [0.717, 1.165) is 24.8 Å². The van der Waals surface area contributed by atoms with Crippen LogP contribution in [0.3, 0.4) is 0 Å². The standard InChI is InChI=1S/C44H36N4/c1-28-15-16-35-36-21-23-45-26-42(36)47(41(35)25-28)38-19-17-31(29-9-3-5-11-33(29)38)32-18-20-39(34-12-6-4-10-30(32)34)48-40-14-8-7-13-37(40)44(2)22-24-46-27-43(44)48/h3-6,8-12,14-24,26-28,43H,7,13,25H2,1-2H3. The molecule has 4 nitrogen and oxygen atoms in total. The van der Waals surface area contributed by atoms with E-state index in [1.165, 1.54) is 72.0 Å². The van der Waals surface area contributed by atoms with Crippen LogP contribution < -0.4 is 4.90 Å². The number of hydrogen-bond donors (Lipinski definition) is 0. The van der Waals surface area contributed by atoms with Gasteiger partial charge in [0.15, 0.2) is 0 Å². The molecule has 3 atom stereocenters. The maximum Gasteiger partial charge on any atom is 0.0820 e. The summed E-state index contributed by atoms with van der Waals surface area (Å²) >= 11 is 0. The third-order valence-electron chi connectivity index (χ3n) is 11.3. The van der Waals surface area contributed by atoms with E-state index in [0.29, 0.717) is 5.92 Å². The van der Waals surface area contributed by atoms with Gasteiger partial charge < -0.3 is 9.47 Å². The Morgan fingerprint density at radius 1 is 0.792 bits per heavy atom. The number of aliphatic imine (C=N–C) groups is 1. The third-order valence-corrected chi connectivity index (χ3v) is 11.3. The van der Waals surface area contributed by atoms with E-state index < -0.39 is 0 Å². The quantitative estimate of drug-likeness (QED) is 0.197. The summed E-state index contributed by atoms with van der Waals surface area (Å²) in [4.78, 5) is 11.8. The molecule has 4 heterocycles. The molecule has 0 radical (unpaired) electrons. The Morgan fingerprint density at radius 2 is 1.52 bits per heavy atom. The number of fused-ring (bicyclic) bond motifs is 7. The molecule has 4 heteroatoms. The van der Waals surface area contributed by atoms with Gasteiger partial charge in [-0.1, -0.05) is 91.9 Å². The van der Waals surface area contributed by atoms with E-state index >= 15 is 0 Å². The molecule has 0 bridgehead atoms. The Hall–Kier alpha value is -5.48. The van der Waals surface area contributed by atoms with Crippen molar-refractivity contribution in [3.8, 4) is 16.8 Å². The van der Waals surface area contributed by atoms with Gasteiger partial charge in [-0.25, -0.2) is 0 Å². The zero-order valence-corrected chi connectivity index (χ0v) is 27.3. The van der Waals surface area contributed by atoms with Gasteiger partial charge in [-0.2, -0.15) is 0 Å². The molecule has 4 aromatic carbocycles. The Kier molecular flexibility index (Phi) is 5.90. The second-order valence-electron chi connectivity index (χ2n) is 14.0. The zero-order valence-electron chi connectivity index (χ0n) is 27.3. The van der Waals surface area contributed by atoms with Crippen LogP contribution in [0.15, 0.2) is 138 Å². The van der Waals surface area contributed by atoms with Crippen LogP contribution in [0.25, 0.3) is 55.3 Å². The van der Waals surface area contributed by atoms with Gasteiger partial charge in [0.05, 0.1) is 23.4 Å². The molecule has 232 valence electrons. The highest BCUT2D eigenvalue weighted by molar-refractivity contribution is 6.11. The molecule has 0 fully saturated rings. The predicted molar refractivity (Wildman–Crippen MR) is 201 cm³/mol. The second kappa shape index (κ2) is 10.3. The van der Waals surface area contributed by atoms with Crippen LogP contribution in [0.4, 0.5) is 5.69 Å². The van der Waals surface area contributed by atoms with Crippen LogP contribution in [0.2, 0.25) is 0 Å². The largest absolute Gasteiger partial charge is 0.331 e. The van der Waals surface area contributed by atoms with Crippen molar-refractivity contribution in [3.63, 3.8) is 0 Å². The second-order valence-corrected chi connectivity index (χ2v) is 14.0. The highest BCUT2D eigenvalue weighted by atomic mass is 15.2. The van der Waals surface area contributed by atoms with Crippen molar-refractivity contribution >= 4 is 50.4 Å². The van der Waals surface area contributed by atoms with Crippen molar-refractivity contribution in [2.24, 2.45) is 16.3 Å². The highest BCUT2D eigenvalue weighted by Crippen LogP contribution is 2.53. The monoisotopic (exact) mass is 620 g/mol. The fraction of sp³-hybridized carbons (Fsp3) is 0.182. The minimum Gasteiger partial charge on any atom is -0.331 e. The van der Waals surface area contributed by atoms with Gasteiger partial charge in [0.1, 0.15) is 0 Å². The van der Waals surface area contributed by atoms with Crippen LogP contribution >= 0.6 is 0 Å². The Balaban J connectivity index is 1.18. The van der Waals surface area contributed by atoms with Crippen molar-refractivity contribution in [3.05, 3.63) is 144 Å². The lowest BCUT2D eigenvalue weighted by molar-refractivity contribution is 0.484. The number of anilines is 1. The van der Waals surface area contributed by atoms with Crippen molar-refractivity contribution in [2.75, 3.05) is 4.90 Å². The Labute approximate surface area is 280 Å². The summed E-state index contributed by atoms with van der Waals surface area (Å²) < 4.78 is 2.47. The molecular weight excluding hydrogens is 585 g/mol. The highest BCUT2D eigenvalue weighted by Gasteiger charge is 2.48. The van der Waals surface area contributed by atoms with Gasteiger partial charge in [0, 0.05) is 62.8 Å². The van der Waals surface area contributed by atoms with Crippen LogP contribution in [-0.4, -0.2) is 21.8 Å². The lowest BCUT2D eigenvalue weighted by Gasteiger charge is -2.36. The van der Waals surface area contributed by atoms with Gasteiger partial charge in [0.25, 0.3) is 0 Å². The molecule has 48 heavy (non-hydrogen) atoms. The smallest absolute Gasteiger partial charge is 0.0820 e. The number of aromatic nitrogens is 2. The van der Waals surface area contributed by atoms with Gasteiger partial charge >= 0.3 is 0 Å². The summed E-state index contributed by atoms with van der Waals surface area (Å²) in [7, 11) is 0. The van der Waals surface area contributed by atoms with Crippen molar-refractivity contribution in [1.82, 2.24) is 9.55 Å². The lowest BCUT2D eigenvalue weighted by atomic mass is 9.74. The van der Waals surface area contributed by atoms with E-state index in [9.17, 15) is 0 Å². The van der Waals surface area contributed by atoms with Crippen molar-refractivity contribution in [1.29, 1.82) is 0 Å². The minimum atomic E-state index is -0.0570. The predicted octanol–water partition coefficient (Wildman–Crippen LogP) is 10.6. The SMILES string of the molecule is CC1C=Cc2c(n(-c3ccc(-c4ccc(N5C6=C(CCC=C6)C6(C)C=CN=CC56)c5ccccc45)c4ccccc34)c3cnccc23)C1. The number of pyridine rings is 1. The van der Waals surface area contributed by atoms with Crippen LogP contribution in [0.5, 0.6) is 0 Å². The first-order valence-corrected chi connectivity index (χ1v) is 17.2. The van der Waals surface area contributed by atoms with E-state index in [1.54, 1.807) is 0 Å². The molecule has 10 rings (SSSR count). The molecule has 3 unspecified atom stereocenters. The first-order valence-electron chi connectivity index (χ1n) is 17.2. The molecule has 2 aromatic heterocycles. The fourth-order valence-corrected chi connectivity index (χ4v) is 9.00. The number of allylic oxidation sites excluding steroid dienone is 3. The summed E-state index contributed by atoms with van der Waals surface area (Å²) in [5, 5.41) is 6.29. The van der Waals surface area contributed by atoms with Crippen molar-refractivity contribution in [2.45, 2.75) is 39.2 Å². The Morgan fingerprint density at radius 3 is 2.31 bits per heavy atom. The topological polar surface area (TPSA) is 33.4 Å². The summed E-state index contributed by atoms with van der Waals surface area (Å²) in [5.74, 6) is 0.490. The number of nitrogens with zero attached hydrogens (tertiary/aromatic N) is 4. The van der Waals surface area contributed by atoms with Crippen LogP contribution in [0, 0.1) is 11.3 Å². The lowest BCUT2D eigenvalue weighted by Crippen LogP contribution is -2.41. The zero-order chi connectivity index (χ0) is 32.0. The summed E-state index contributed by atoms with van der Waals surface area (Å²) in [5.41, 5.74) is 11.6. The number of hydrogen-bond acceptors (Lipinski definition) is 3. The molecule has 2 aliphatic heterocycles. The number of benzene rings is 4. The van der Waals surface area contributed by atoms with Gasteiger partial charge in [-0.05, 0) is 83.9 Å². The van der Waals surface area contributed by atoms with Crippen LogP contribution in [0.1, 0.15) is 37.9 Å². The maximum atomic E-state index is 4.65. The van der Waals surface area contributed by atoms with E-state index in [2.05, 4.69) is 149 Å². The summed E-state index contributed by atoms with van der Waals surface area (Å²) in [6.07, 6.45) is 22.9. The molecule has 4 aliphatic rings. The molecule has 0 saturated heterocycles. The maximum absolute atomic E-state index is 4.65. The average molecular weight is 621 g/mol.